The summed E-state index contributed by atoms with van der Waals surface area (Å²) in [5, 5.41) is 0. The van der Waals surface area contributed by atoms with Crippen LogP contribution in [0.5, 0.6) is 11.5 Å². The minimum absolute atomic E-state index is 0.131. The molecule has 1 aromatic carbocycles. The van der Waals surface area contributed by atoms with Crippen molar-refractivity contribution < 1.29 is 27.4 Å². The van der Waals surface area contributed by atoms with E-state index < -0.39 is 11.7 Å². The summed E-state index contributed by atoms with van der Waals surface area (Å²) in [5.74, 6) is 1.36. The molecule has 0 bridgehead atoms. The van der Waals surface area contributed by atoms with Crippen molar-refractivity contribution >= 4 is 11.7 Å². The number of methoxy groups -OCH3 is 2. The van der Waals surface area contributed by atoms with Gasteiger partial charge < -0.3 is 19.3 Å². The van der Waals surface area contributed by atoms with Crippen molar-refractivity contribution in [1.29, 1.82) is 0 Å². The minimum atomic E-state index is -4.41. The SMILES string of the molecule is COc1ccc(C(=O)N2CCCN(c3ccc(C(F)(F)F)cn3)CC2)cc1OC. The number of ether oxygens (including phenoxy) is 2. The van der Waals surface area contributed by atoms with Crippen LogP contribution in [0.4, 0.5) is 19.0 Å². The van der Waals surface area contributed by atoms with Gasteiger partial charge in [-0.1, -0.05) is 0 Å². The molecule has 1 saturated heterocycles. The van der Waals surface area contributed by atoms with Gasteiger partial charge >= 0.3 is 6.18 Å². The molecular formula is C20H22F3N3O3. The molecule has 156 valence electrons. The number of benzene rings is 1. The largest absolute Gasteiger partial charge is 0.493 e. The van der Waals surface area contributed by atoms with Crippen LogP contribution in [-0.4, -0.2) is 56.2 Å². The monoisotopic (exact) mass is 409 g/mol. The van der Waals surface area contributed by atoms with E-state index >= 15 is 0 Å². The predicted octanol–water partition coefficient (Wildman–Crippen LogP) is 3.47. The molecule has 0 N–H and O–H groups in total. The van der Waals surface area contributed by atoms with Crippen LogP contribution in [-0.2, 0) is 6.18 Å². The quantitative estimate of drug-likeness (QED) is 0.774. The average molecular weight is 409 g/mol. The van der Waals surface area contributed by atoms with Gasteiger partial charge in [-0.05, 0) is 36.8 Å². The Hall–Kier alpha value is -2.97. The third-order valence-corrected chi connectivity index (χ3v) is 4.81. The Labute approximate surface area is 166 Å². The van der Waals surface area contributed by atoms with Crippen molar-refractivity contribution in [3.8, 4) is 11.5 Å². The molecular weight excluding hydrogens is 387 g/mol. The van der Waals surface area contributed by atoms with E-state index in [1.54, 1.807) is 23.1 Å². The first-order valence-electron chi connectivity index (χ1n) is 9.13. The first-order valence-corrected chi connectivity index (χ1v) is 9.13. The number of rotatable bonds is 4. The second-order valence-corrected chi connectivity index (χ2v) is 6.61. The third kappa shape index (κ3) is 4.72. The molecule has 0 aliphatic carbocycles. The standard InChI is InChI=1S/C20H22F3N3O3/c1-28-16-6-4-14(12-17(16)29-2)19(27)26-9-3-8-25(10-11-26)18-7-5-15(13-24-18)20(21,22)23/h4-7,12-13H,3,8-11H2,1-2H3. The Morgan fingerprint density at radius 2 is 1.76 bits per heavy atom. The fourth-order valence-electron chi connectivity index (χ4n) is 3.24. The summed E-state index contributed by atoms with van der Waals surface area (Å²) >= 11 is 0. The van der Waals surface area contributed by atoms with Gasteiger partial charge in [0.05, 0.1) is 19.8 Å². The number of anilines is 1. The van der Waals surface area contributed by atoms with E-state index in [1.165, 1.54) is 20.3 Å². The van der Waals surface area contributed by atoms with Crippen molar-refractivity contribution in [2.75, 3.05) is 45.3 Å². The lowest BCUT2D eigenvalue weighted by molar-refractivity contribution is -0.137. The maximum Gasteiger partial charge on any atom is 0.417 e. The summed E-state index contributed by atoms with van der Waals surface area (Å²) in [6, 6.07) is 7.40. The van der Waals surface area contributed by atoms with Gasteiger partial charge in [0.15, 0.2) is 11.5 Å². The van der Waals surface area contributed by atoms with E-state index in [2.05, 4.69) is 4.98 Å². The fourth-order valence-corrected chi connectivity index (χ4v) is 3.24. The smallest absolute Gasteiger partial charge is 0.417 e. The first kappa shape index (κ1) is 20.8. The van der Waals surface area contributed by atoms with E-state index in [-0.39, 0.29) is 5.91 Å². The van der Waals surface area contributed by atoms with Gasteiger partial charge in [-0.3, -0.25) is 4.79 Å². The molecule has 0 atom stereocenters. The van der Waals surface area contributed by atoms with Crippen molar-refractivity contribution in [3.05, 3.63) is 47.7 Å². The molecule has 1 amide bonds. The van der Waals surface area contributed by atoms with Crippen LogP contribution < -0.4 is 14.4 Å². The number of carbonyl (C=O) groups is 1. The Balaban J connectivity index is 1.69. The Kier molecular flexibility index (Phi) is 6.14. The highest BCUT2D eigenvalue weighted by Gasteiger charge is 2.31. The maximum atomic E-state index is 12.9. The van der Waals surface area contributed by atoms with Crippen molar-refractivity contribution in [3.63, 3.8) is 0 Å². The number of hydrogen-bond donors (Lipinski definition) is 0. The first-order chi connectivity index (χ1) is 13.8. The number of halogens is 3. The molecule has 2 aromatic rings. The van der Waals surface area contributed by atoms with E-state index in [9.17, 15) is 18.0 Å². The van der Waals surface area contributed by atoms with E-state index in [4.69, 9.17) is 9.47 Å². The molecule has 0 spiro atoms. The zero-order valence-corrected chi connectivity index (χ0v) is 16.2. The fraction of sp³-hybridized carbons (Fsp3) is 0.400. The van der Waals surface area contributed by atoms with Gasteiger partial charge in [0.1, 0.15) is 5.82 Å². The highest BCUT2D eigenvalue weighted by Crippen LogP contribution is 2.30. The van der Waals surface area contributed by atoms with Gasteiger partial charge in [0.25, 0.3) is 5.91 Å². The number of aromatic nitrogens is 1. The molecule has 3 rings (SSSR count). The highest BCUT2D eigenvalue weighted by molar-refractivity contribution is 5.95. The van der Waals surface area contributed by atoms with Crippen molar-refractivity contribution in [1.82, 2.24) is 9.88 Å². The molecule has 1 aliphatic heterocycles. The molecule has 0 saturated carbocycles. The maximum absolute atomic E-state index is 12.9. The zero-order valence-electron chi connectivity index (χ0n) is 16.2. The van der Waals surface area contributed by atoms with Crippen LogP contribution in [0.25, 0.3) is 0 Å². The van der Waals surface area contributed by atoms with E-state index in [0.717, 1.165) is 12.3 Å². The second kappa shape index (κ2) is 8.59. The van der Waals surface area contributed by atoms with Crippen LogP contribution in [0.3, 0.4) is 0 Å². The molecule has 1 fully saturated rings. The topological polar surface area (TPSA) is 54.9 Å². The summed E-state index contributed by atoms with van der Waals surface area (Å²) in [4.78, 5) is 20.5. The summed E-state index contributed by atoms with van der Waals surface area (Å²) < 4.78 is 48.6. The van der Waals surface area contributed by atoms with Gasteiger partial charge in [-0.2, -0.15) is 13.2 Å². The molecule has 1 aromatic heterocycles. The lowest BCUT2D eigenvalue weighted by Crippen LogP contribution is -2.35. The number of nitrogens with zero attached hydrogens (tertiary/aromatic N) is 3. The molecule has 29 heavy (non-hydrogen) atoms. The summed E-state index contributed by atoms with van der Waals surface area (Å²) in [6.45, 7) is 2.08. The lowest BCUT2D eigenvalue weighted by atomic mass is 10.1. The number of carbonyl (C=O) groups excluding carboxylic acids is 1. The highest BCUT2D eigenvalue weighted by atomic mass is 19.4. The molecule has 0 radical (unpaired) electrons. The van der Waals surface area contributed by atoms with Gasteiger partial charge in [0.2, 0.25) is 0 Å². The van der Waals surface area contributed by atoms with Gasteiger partial charge in [0, 0.05) is 37.9 Å². The summed E-state index contributed by atoms with van der Waals surface area (Å²) in [7, 11) is 3.03. The van der Waals surface area contributed by atoms with Crippen LogP contribution in [0.15, 0.2) is 36.5 Å². The Morgan fingerprint density at radius 1 is 1.00 bits per heavy atom. The van der Waals surface area contributed by atoms with Crippen LogP contribution in [0, 0.1) is 0 Å². The van der Waals surface area contributed by atoms with Crippen molar-refractivity contribution in [2.45, 2.75) is 12.6 Å². The molecule has 0 unspecified atom stereocenters. The zero-order chi connectivity index (χ0) is 21.0. The van der Waals surface area contributed by atoms with E-state index in [1.807, 2.05) is 4.90 Å². The summed E-state index contributed by atoms with van der Waals surface area (Å²) in [6.07, 6.45) is -2.89. The predicted molar refractivity (Wildman–Crippen MR) is 102 cm³/mol. The third-order valence-electron chi connectivity index (χ3n) is 4.81. The Morgan fingerprint density at radius 3 is 2.38 bits per heavy atom. The molecule has 6 nitrogen and oxygen atoms in total. The minimum Gasteiger partial charge on any atom is -0.493 e. The normalized spacial score (nSPS) is 15.1. The van der Waals surface area contributed by atoms with Crippen LogP contribution in [0.2, 0.25) is 0 Å². The van der Waals surface area contributed by atoms with Crippen molar-refractivity contribution in [2.24, 2.45) is 0 Å². The Bertz CT molecular complexity index is 856. The number of pyridine rings is 1. The summed E-state index contributed by atoms with van der Waals surface area (Å²) in [5.41, 5.74) is -0.287. The van der Waals surface area contributed by atoms with Gasteiger partial charge in [-0.25, -0.2) is 4.98 Å². The average Bonchev–Trinajstić information content (AvgIpc) is 2.98. The van der Waals surface area contributed by atoms with Crippen LogP contribution in [0.1, 0.15) is 22.3 Å². The molecule has 1 aliphatic rings. The van der Waals surface area contributed by atoms with Crippen LogP contribution >= 0.6 is 0 Å². The molecule has 2 heterocycles. The number of amides is 1. The number of alkyl halides is 3. The van der Waals surface area contributed by atoms with Gasteiger partial charge in [-0.15, -0.1) is 0 Å². The van der Waals surface area contributed by atoms with E-state index in [0.29, 0.717) is 55.5 Å². The second-order valence-electron chi connectivity index (χ2n) is 6.61. The lowest BCUT2D eigenvalue weighted by Gasteiger charge is -2.23. The number of hydrogen-bond acceptors (Lipinski definition) is 5. The molecule has 9 heteroatoms.